The molecule has 1 aliphatic rings. The van der Waals surface area contributed by atoms with Crippen molar-refractivity contribution < 1.29 is 14.6 Å². The fourth-order valence-corrected chi connectivity index (χ4v) is 5.20. The maximum Gasteiger partial charge on any atom is 0.142 e. The lowest BCUT2D eigenvalue weighted by molar-refractivity contribution is -0.0241. The number of benzene rings is 1. The van der Waals surface area contributed by atoms with Gasteiger partial charge in [0.05, 0.1) is 22.7 Å². The third kappa shape index (κ3) is 3.58. The lowest BCUT2D eigenvalue weighted by atomic mass is 9.80. The smallest absolute Gasteiger partial charge is 0.142 e. The minimum absolute atomic E-state index is 0.151. The topological polar surface area (TPSA) is 123 Å². The number of halogens is 2. The van der Waals surface area contributed by atoms with Crippen molar-refractivity contribution in [2.24, 2.45) is 5.41 Å². The zero-order chi connectivity index (χ0) is 23.5. The lowest BCUT2D eigenvalue weighted by Crippen LogP contribution is -2.35. The Kier molecular flexibility index (Phi) is 5.19. The Labute approximate surface area is 194 Å². The van der Waals surface area contributed by atoms with Crippen LogP contribution in [0.4, 0.5) is 15.9 Å². The molecule has 0 amide bonds. The quantitative estimate of drug-likeness (QED) is 0.360. The van der Waals surface area contributed by atoms with Gasteiger partial charge in [0.2, 0.25) is 0 Å². The second kappa shape index (κ2) is 7.83. The molecule has 1 aliphatic carbocycles. The number of aliphatic hydroxyl groups is 2. The van der Waals surface area contributed by atoms with Crippen LogP contribution >= 0.6 is 11.6 Å². The summed E-state index contributed by atoms with van der Waals surface area (Å²) in [4.78, 5) is 8.62. The third-order valence-electron chi connectivity index (χ3n) is 7.02. The third-order valence-corrected chi connectivity index (χ3v) is 7.33. The molecule has 3 aromatic heterocycles. The zero-order valence-electron chi connectivity index (χ0n) is 18.0. The highest BCUT2D eigenvalue weighted by Crippen LogP contribution is 2.48. The number of nitrogens with two attached hydrogens (primary N) is 2. The van der Waals surface area contributed by atoms with E-state index in [9.17, 15) is 14.6 Å². The number of nitrogen functional groups attached to an aromatic ring is 2. The average Bonchev–Trinajstić information content (AvgIpc) is 3.30. The fourth-order valence-electron chi connectivity index (χ4n) is 5.05. The molecule has 1 aromatic carbocycles. The number of aromatic nitrogens is 3. The van der Waals surface area contributed by atoms with E-state index in [1.165, 1.54) is 12.1 Å². The van der Waals surface area contributed by atoms with Crippen LogP contribution in [0.2, 0.25) is 5.02 Å². The summed E-state index contributed by atoms with van der Waals surface area (Å²) in [6.45, 7) is 1.95. The number of rotatable bonds is 4. The summed E-state index contributed by atoms with van der Waals surface area (Å²) >= 11 is 5.98. The van der Waals surface area contributed by atoms with Crippen molar-refractivity contribution in [3.8, 4) is 0 Å². The van der Waals surface area contributed by atoms with Gasteiger partial charge < -0.3 is 26.2 Å². The molecule has 5 rings (SSSR count). The van der Waals surface area contributed by atoms with Crippen LogP contribution in [-0.2, 0) is 6.42 Å². The van der Waals surface area contributed by atoms with Crippen LogP contribution in [0, 0.1) is 11.2 Å². The van der Waals surface area contributed by atoms with E-state index in [-0.39, 0.29) is 16.9 Å². The first kappa shape index (κ1) is 21.9. The lowest BCUT2D eigenvalue weighted by Gasteiger charge is -2.28. The van der Waals surface area contributed by atoms with Crippen molar-refractivity contribution in [1.82, 2.24) is 14.5 Å². The first-order valence-corrected chi connectivity index (χ1v) is 11.2. The van der Waals surface area contributed by atoms with Gasteiger partial charge in [-0.2, -0.15) is 0 Å². The van der Waals surface area contributed by atoms with Crippen LogP contribution in [0.3, 0.4) is 0 Å². The molecule has 4 atom stereocenters. The van der Waals surface area contributed by atoms with Gasteiger partial charge in [-0.3, -0.25) is 0 Å². The van der Waals surface area contributed by atoms with Gasteiger partial charge in [-0.1, -0.05) is 18.5 Å². The van der Waals surface area contributed by atoms with Gasteiger partial charge in [-0.25, -0.2) is 14.4 Å². The number of pyridine rings is 2. The molecule has 0 bridgehead atoms. The molecule has 3 heterocycles. The van der Waals surface area contributed by atoms with E-state index in [0.29, 0.717) is 41.5 Å². The molecule has 4 aromatic rings. The number of hydrogen-bond donors (Lipinski definition) is 4. The normalized spacial score (nSPS) is 25.3. The number of nitrogens with zero attached hydrogens (tertiary/aromatic N) is 3. The maximum absolute atomic E-state index is 14.7. The monoisotopic (exact) mass is 469 g/mol. The van der Waals surface area contributed by atoms with E-state index < -0.39 is 23.4 Å². The molecule has 0 radical (unpaired) electrons. The SMILES string of the molecule is C[C@]1(CCc2cc(F)c3cc(Cl)c(N)nc3c2)C[C@@H](n2ccc3c(N)ccnc32)[C@H](O)[C@@H]1O. The Bertz CT molecular complexity index is 1380. The molecular weight excluding hydrogens is 445 g/mol. The minimum Gasteiger partial charge on any atom is -0.398 e. The van der Waals surface area contributed by atoms with Crippen LogP contribution in [0.5, 0.6) is 0 Å². The predicted molar refractivity (Wildman–Crippen MR) is 127 cm³/mol. The molecule has 0 spiro atoms. The molecule has 0 aliphatic heterocycles. The van der Waals surface area contributed by atoms with Crippen molar-refractivity contribution in [2.75, 3.05) is 11.5 Å². The first-order chi connectivity index (χ1) is 15.7. The van der Waals surface area contributed by atoms with Crippen LogP contribution in [0.25, 0.3) is 21.9 Å². The highest BCUT2D eigenvalue weighted by Gasteiger charge is 2.50. The average molecular weight is 470 g/mol. The second-order valence-corrected chi connectivity index (χ2v) is 9.63. The van der Waals surface area contributed by atoms with E-state index in [1.54, 1.807) is 18.3 Å². The summed E-state index contributed by atoms with van der Waals surface area (Å²) in [7, 11) is 0. The van der Waals surface area contributed by atoms with Crippen LogP contribution in [-0.4, -0.2) is 37.0 Å². The summed E-state index contributed by atoms with van der Waals surface area (Å²) in [5.41, 5.74) is 13.7. The molecule has 1 saturated carbocycles. The summed E-state index contributed by atoms with van der Waals surface area (Å²) in [5.74, 6) is -0.271. The molecule has 0 saturated heterocycles. The van der Waals surface area contributed by atoms with Crippen LogP contribution < -0.4 is 11.5 Å². The van der Waals surface area contributed by atoms with Gasteiger partial charge in [-0.15, -0.1) is 0 Å². The van der Waals surface area contributed by atoms with Crippen molar-refractivity contribution in [3.05, 3.63) is 59.1 Å². The van der Waals surface area contributed by atoms with E-state index in [0.717, 1.165) is 10.9 Å². The van der Waals surface area contributed by atoms with E-state index >= 15 is 0 Å². The maximum atomic E-state index is 14.7. The van der Waals surface area contributed by atoms with Gasteiger partial charge in [0.15, 0.2) is 0 Å². The molecular formula is C24H25ClFN5O2. The van der Waals surface area contributed by atoms with Gasteiger partial charge in [0, 0.05) is 28.9 Å². The number of aryl methyl sites for hydroxylation is 1. The molecule has 33 heavy (non-hydrogen) atoms. The Hall–Kier alpha value is -2.94. The summed E-state index contributed by atoms with van der Waals surface area (Å²) in [6.07, 6.45) is 3.15. The van der Waals surface area contributed by atoms with Crippen molar-refractivity contribution in [2.45, 2.75) is 44.4 Å². The molecule has 9 heteroatoms. The molecule has 172 valence electrons. The highest BCUT2D eigenvalue weighted by atomic mass is 35.5. The standard InChI is InChI=1S/C24H25ClFN5O2/c1-24(5-2-12-8-16(26)14-10-15(25)22(28)30-18(14)9-12)11-19(20(32)21(24)33)31-7-4-13-17(27)3-6-29-23(13)31/h3-4,6-10,19-21,32-33H,2,5,11H2,1H3,(H2,27,29)(H2,28,30)/t19-,20+,21+,24+/m1/s1. The van der Waals surface area contributed by atoms with E-state index in [4.69, 9.17) is 23.1 Å². The van der Waals surface area contributed by atoms with Crippen molar-refractivity contribution in [3.63, 3.8) is 0 Å². The molecule has 6 N–H and O–H groups in total. The zero-order valence-corrected chi connectivity index (χ0v) is 18.8. The Morgan fingerprint density at radius 1 is 1.21 bits per heavy atom. The largest absolute Gasteiger partial charge is 0.398 e. The van der Waals surface area contributed by atoms with Gasteiger partial charge in [0.1, 0.15) is 23.4 Å². The fraction of sp³-hybridized carbons (Fsp3) is 0.333. The number of hydrogen-bond acceptors (Lipinski definition) is 6. The molecule has 0 unspecified atom stereocenters. The number of aliphatic hydroxyl groups excluding tert-OH is 2. The Morgan fingerprint density at radius 3 is 2.79 bits per heavy atom. The molecule has 7 nitrogen and oxygen atoms in total. The van der Waals surface area contributed by atoms with E-state index in [2.05, 4.69) is 9.97 Å². The van der Waals surface area contributed by atoms with Gasteiger partial charge in [0.25, 0.3) is 0 Å². The number of anilines is 2. The van der Waals surface area contributed by atoms with Gasteiger partial charge >= 0.3 is 0 Å². The second-order valence-electron chi connectivity index (χ2n) is 9.22. The Balaban J connectivity index is 1.40. The highest BCUT2D eigenvalue weighted by molar-refractivity contribution is 6.33. The predicted octanol–water partition coefficient (Wildman–Crippen LogP) is 3.85. The van der Waals surface area contributed by atoms with Crippen molar-refractivity contribution in [1.29, 1.82) is 0 Å². The van der Waals surface area contributed by atoms with Crippen LogP contribution in [0.1, 0.15) is 31.4 Å². The minimum atomic E-state index is -0.967. The van der Waals surface area contributed by atoms with Crippen LogP contribution in [0.15, 0.2) is 42.7 Å². The first-order valence-electron chi connectivity index (χ1n) is 10.8. The Morgan fingerprint density at radius 2 is 2.00 bits per heavy atom. The summed E-state index contributed by atoms with van der Waals surface area (Å²) in [5, 5.41) is 23.2. The van der Waals surface area contributed by atoms with E-state index in [1.807, 2.05) is 23.8 Å². The molecule has 1 fully saturated rings. The van der Waals surface area contributed by atoms with Crippen molar-refractivity contribution >= 4 is 45.0 Å². The summed E-state index contributed by atoms with van der Waals surface area (Å²) in [6, 6.07) is 7.97. The number of fused-ring (bicyclic) bond motifs is 2. The summed E-state index contributed by atoms with van der Waals surface area (Å²) < 4.78 is 16.6. The van der Waals surface area contributed by atoms with Gasteiger partial charge in [-0.05, 0) is 60.6 Å².